The van der Waals surface area contributed by atoms with Crippen LogP contribution in [0.2, 0.25) is 0 Å². The van der Waals surface area contributed by atoms with Crippen LogP contribution < -0.4 is 11.1 Å². The van der Waals surface area contributed by atoms with E-state index in [1.54, 1.807) is 6.07 Å². The second-order valence-corrected chi connectivity index (χ2v) is 7.69. The molecular formula is C23H20FN7. The van der Waals surface area contributed by atoms with Gasteiger partial charge in [0.2, 0.25) is 0 Å². The number of aromatic nitrogens is 4. The van der Waals surface area contributed by atoms with Gasteiger partial charge in [0.05, 0.1) is 17.1 Å². The van der Waals surface area contributed by atoms with Crippen LogP contribution in [-0.2, 0) is 0 Å². The Hall–Kier alpha value is -3.99. The van der Waals surface area contributed by atoms with E-state index < -0.39 is 0 Å². The second kappa shape index (κ2) is 7.36. The van der Waals surface area contributed by atoms with Crippen LogP contribution in [0.5, 0.6) is 0 Å². The SMILES string of the molecule is C[C@H](Nc1ncnc(N)c1C#N)c1nc2ccc(F)c(-c3ccccc3)c2n1C1CC1. The van der Waals surface area contributed by atoms with Gasteiger partial charge < -0.3 is 15.6 Å². The average molecular weight is 413 g/mol. The molecule has 3 N–H and O–H groups in total. The lowest BCUT2D eigenvalue weighted by Crippen LogP contribution is -2.16. The van der Waals surface area contributed by atoms with Gasteiger partial charge in [-0.1, -0.05) is 30.3 Å². The number of imidazole rings is 1. The van der Waals surface area contributed by atoms with Crippen molar-refractivity contribution in [3.63, 3.8) is 0 Å². The Labute approximate surface area is 178 Å². The largest absolute Gasteiger partial charge is 0.382 e. The molecular weight excluding hydrogens is 393 g/mol. The van der Waals surface area contributed by atoms with E-state index in [1.807, 2.05) is 43.3 Å². The molecule has 1 fully saturated rings. The fourth-order valence-corrected chi connectivity index (χ4v) is 3.96. The summed E-state index contributed by atoms with van der Waals surface area (Å²) in [6.07, 6.45) is 3.34. The van der Waals surface area contributed by atoms with Gasteiger partial charge in [0.25, 0.3) is 0 Å². The van der Waals surface area contributed by atoms with E-state index in [4.69, 9.17) is 10.7 Å². The van der Waals surface area contributed by atoms with Gasteiger partial charge in [-0.3, -0.25) is 0 Å². The summed E-state index contributed by atoms with van der Waals surface area (Å²) in [6.45, 7) is 1.94. The molecule has 0 spiro atoms. The maximum atomic E-state index is 15.0. The van der Waals surface area contributed by atoms with Gasteiger partial charge >= 0.3 is 0 Å². The molecule has 31 heavy (non-hydrogen) atoms. The first-order chi connectivity index (χ1) is 15.1. The molecule has 8 heteroatoms. The van der Waals surface area contributed by atoms with Crippen LogP contribution in [-0.4, -0.2) is 19.5 Å². The fourth-order valence-electron chi connectivity index (χ4n) is 3.96. The fraction of sp³-hybridized carbons (Fsp3) is 0.217. The summed E-state index contributed by atoms with van der Waals surface area (Å²) in [5.74, 6) is 0.965. The molecule has 0 saturated heterocycles. The van der Waals surface area contributed by atoms with E-state index in [0.717, 1.165) is 35.3 Å². The minimum Gasteiger partial charge on any atom is -0.382 e. The van der Waals surface area contributed by atoms with Crippen molar-refractivity contribution in [3.05, 3.63) is 66.0 Å². The molecule has 1 atom stereocenters. The van der Waals surface area contributed by atoms with Crippen LogP contribution in [0.3, 0.4) is 0 Å². The molecule has 2 heterocycles. The van der Waals surface area contributed by atoms with Crippen molar-refractivity contribution in [3.8, 4) is 17.2 Å². The lowest BCUT2D eigenvalue weighted by Gasteiger charge is -2.18. The second-order valence-electron chi connectivity index (χ2n) is 7.69. The summed E-state index contributed by atoms with van der Waals surface area (Å²) in [5, 5.41) is 12.7. The van der Waals surface area contributed by atoms with Gasteiger partial charge in [-0.2, -0.15) is 5.26 Å². The Kier molecular flexibility index (Phi) is 4.51. The van der Waals surface area contributed by atoms with Gasteiger partial charge in [0, 0.05) is 11.6 Å². The number of nitrogen functional groups attached to an aromatic ring is 1. The van der Waals surface area contributed by atoms with E-state index in [-0.39, 0.29) is 29.3 Å². The number of nitrogens with two attached hydrogens (primary N) is 1. The van der Waals surface area contributed by atoms with Gasteiger partial charge in [-0.15, -0.1) is 0 Å². The number of nitriles is 1. The smallest absolute Gasteiger partial charge is 0.150 e. The first-order valence-corrected chi connectivity index (χ1v) is 10.1. The Balaban J connectivity index is 1.66. The molecule has 154 valence electrons. The first kappa shape index (κ1) is 19.0. The highest BCUT2D eigenvalue weighted by Gasteiger charge is 2.32. The highest BCUT2D eigenvalue weighted by atomic mass is 19.1. The maximum absolute atomic E-state index is 15.0. The zero-order valence-corrected chi connectivity index (χ0v) is 16.9. The molecule has 2 aromatic heterocycles. The molecule has 0 bridgehead atoms. The molecule has 0 aliphatic heterocycles. The van der Waals surface area contributed by atoms with Gasteiger partial charge in [-0.05, 0) is 37.5 Å². The summed E-state index contributed by atoms with van der Waals surface area (Å²) < 4.78 is 17.2. The highest BCUT2D eigenvalue weighted by Crippen LogP contribution is 2.43. The standard InChI is InChI=1S/C23H20FN7/c1-13(29-22-16(11-25)21(26)27-12-28-22)23-30-18-10-9-17(24)19(14-5-3-2-4-6-14)20(18)31(23)15-7-8-15/h2-6,9-10,12-13,15H,7-8H2,1H3,(H3,26,27,28,29)/t13-/m0/s1. The normalized spacial score (nSPS) is 14.4. The van der Waals surface area contributed by atoms with E-state index in [1.165, 1.54) is 12.4 Å². The lowest BCUT2D eigenvalue weighted by molar-refractivity contribution is 0.629. The molecule has 1 aliphatic rings. The first-order valence-electron chi connectivity index (χ1n) is 10.1. The van der Waals surface area contributed by atoms with E-state index in [9.17, 15) is 5.26 Å². The molecule has 2 aromatic carbocycles. The number of benzene rings is 2. The van der Waals surface area contributed by atoms with E-state index >= 15 is 4.39 Å². The van der Waals surface area contributed by atoms with Gasteiger partial charge in [-0.25, -0.2) is 19.3 Å². The predicted octanol–water partition coefficient (Wildman–Crippen LogP) is 4.59. The number of hydrogen-bond acceptors (Lipinski definition) is 6. The zero-order valence-electron chi connectivity index (χ0n) is 16.9. The van der Waals surface area contributed by atoms with Crippen LogP contribution in [0.4, 0.5) is 16.0 Å². The number of halogens is 1. The monoisotopic (exact) mass is 413 g/mol. The number of nitrogens with zero attached hydrogens (tertiary/aromatic N) is 5. The summed E-state index contributed by atoms with van der Waals surface area (Å²) in [7, 11) is 0. The summed E-state index contributed by atoms with van der Waals surface area (Å²) >= 11 is 0. The molecule has 7 nitrogen and oxygen atoms in total. The Morgan fingerprint density at radius 1 is 1.19 bits per heavy atom. The minimum absolute atomic E-state index is 0.122. The van der Waals surface area contributed by atoms with Gasteiger partial charge in [0.15, 0.2) is 0 Å². The molecule has 5 rings (SSSR count). The number of rotatable bonds is 5. The van der Waals surface area contributed by atoms with Crippen molar-refractivity contribution in [1.29, 1.82) is 5.26 Å². The van der Waals surface area contributed by atoms with Crippen molar-refractivity contribution in [1.82, 2.24) is 19.5 Å². The molecule has 0 radical (unpaired) electrons. The third kappa shape index (κ3) is 3.24. The Morgan fingerprint density at radius 3 is 2.68 bits per heavy atom. The zero-order chi connectivity index (χ0) is 21.5. The minimum atomic E-state index is -0.291. The quantitative estimate of drug-likeness (QED) is 0.496. The molecule has 0 unspecified atom stereocenters. The van der Waals surface area contributed by atoms with Crippen LogP contribution in [0, 0.1) is 17.1 Å². The molecule has 1 saturated carbocycles. The number of fused-ring (bicyclic) bond motifs is 1. The Bertz CT molecular complexity index is 1320. The third-order valence-electron chi connectivity index (χ3n) is 5.53. The highest BCUT2D eigenvalue weighted by molar-refractivity contribution is 5.93. The van der Waals surface area contributed by atoms with Crippen molar-refractivity contribution in [2.45, 2.75) is 31.8 Å². The van der Waals surface area contributed by atoms with Crippen LogP contribution in [0.15, 0.2) is 48.8 Å². The topological polar surface area (TPSA) is 105 Å². The van der Waals surface area contributed by atoms with Crippen molar-refractivity contribution < 1.29 is 4.39 Å². The van der Waals surface area contributed by atoms with Crippen molar-refractivity contribution in [2.24, 2.45) is 0 Å². The number of nitrogens with one attached hydrogen (secondary N) is 1. The van der Waals surface area contributed by atoms with Crippen LogP contribution in [0.1, 0.15) is 43.2 Å². The predicted molar refractivity (Wildman–Crippen MR) is 117 cm³/mol. The van der Waals surface area contributed by atoms with Crippen molar-refractivity contribution >= 4 is 22.7 Å². The molecule has 0 amide bonds. The summed E-state index contributed by atoms with van der Waals surface area (Å²) in [4.78, 5) is 12.9. The van der Waals surface area contributed by atoms with E-state index in [0.29, 0.717) is 11.4 Å². The summed E-state index contributed by atoms with van der Waals surface area (Å²) in [6, 6.07) is 14.7. The summed E-state index contributed by atoms with van der Waals surface area (Å²) in [5.41, 5.74) is 8.91. The number of anilines is 2. The Morgan fingerprint density at radius 2 is 1.97 bits per heavy atom. The van der Waals surface area contributed by atoms with Crippen LogP contribution in [0.25, 0.3) is 22.2 Å². The molecule has 4 aromatic rings. The lowest BCUT2D eigenvalue weighted by atomic mass is 10.0. The molecule has 1 aliphatic carbocycles. The van der Waals surface area contributed by atoms with Gasteiger partial charge in [0.1, 0.15) is 41.2 Å². The van der Waals surface area contributed by atoms with Crippen LogP contribution >= 0.6 is 0 Å². The third-order valence-corrected chi connectivity index (χ3v) is 5.53. The number of hydrogen-bond donors (Lipinski definition) is 2. The van der Waals surface area contributed by atoms with Crippen molar-refractivity contribution in [2.75, 3.05) is 11.1 Å². The van der Waals surface area contributed by atoms with E-state index in [2.05, 4.69) is 19.9 Å². The maximum Gasteiger partial charge on any atom is 0.150 e. The average Bonchev–Trinajstić information content (AvgIpc) is 3.54.